The highest BCUT2D eigenvalue weighted by Crippen LogP contribution is 2.28. The van der Waals surface area contributed by atoms with Gasteiger partial charge in [-0.1, -0.05) is 29.5 Å². The lowest BCUT2D eigenvalue weighted by atomic mass is 9.81. The molecule has 1 fully saturated rings. The summed E-state index contributed by atoms with van der Waals surface area (Å²) in [5.41, 5.74) is 0. The highest BCUT2D eigenvalue weighted by molar-refractivity contribution is 14.1. The first kappa shape index (κ1) is 8.50. The summed E-state index contributed by atoms with van der Waals surface area (Å²) < 4.78 is 1.14. The summed E-state index contributed by atoms with van der Waals surface area (Å²) in [4.78, 5) is 11.2. The van der Waals surface area contributed by atoms with E-state index in [4.69, 9.17) is 0 Å². The fourth-order valence-corrected chi connectivity index (χ4v) is 2.69. The molecule has 0 spiro atoms. The van der Waals surface area contributed by atoms with Crippen molar-refractivity contribution >= 4 is 28.4 Å². The molecule has 1 nitrogen and oxygen atoms in total. The maximum absolute atomic E-state index is 11.2. The van der Waals surface area contributed by atoms with Crippen LogP contribution in [0.2, 0.25) is 0 Å². The Balaban J connectivity index is 2.51. The van der Waals surface area contributed by atoms with Crippen LogP contribution in [-0.4, -0.2) is 10.2 Å². The largest absolute Gasteiger partial charge is 0.299 e. The third kappa shape index (κ3) is 1.71. The molecule has 2 heteroatoms. The van der Waals surface area contributed by atoms with E-state index in [9.17, 15) is 4.79 Å². The Bertz CT molecular complexity index is 133. The molecule has 0 aromatic rings. The second-order valence-corrected chi connectivity index (χ2v) is 3.94. The van der Waals surface area contributed by atoms with E-state index in [0.717, 1.165) is 17.3 Å². The average Bonchev–Trinajstić information content (AvgIpc) is 1.95. The van der Waals surface area contributed by atoms with Gasteiger partial charge in [-0.2, -0.15) is 0 Å². The Morgan fingerprint density at radius 1 is 1.70 bits per heavy atom. The van der Waals surface area contributed by atoms with Gasteiger partial charge in [-0.15, -0.1) is 0 Å². The summed E-state index contributed by atoms with van der Waals surface area (Å²) in [5.74, 6) is 1.49. The van der Waals surface area contributed by atoms with Gasteiger partial charge in [0.2, 0.25) is 0 Å². The highest BCUT2D eigenvalue weighted by atomic mass is 127. The fourth-order valence-electron chi connectivity index (χ4n) is 1.49. The first-order valence-corrected chi connectivity index (χ1v) is 5.37. The quantitative estimate of drug-likeness (QED) is 0.517. The molecule has 1 aliphatic carbocycles. The zero-order valence-electron chi connectivity index (χ0n) is 6.27. The number of carbonyl (C=O) groups excluding carboxylic acids is 1. The van der Waals surface area contributed by atoms with Gasteiger partial charge in [-0.05, 0) is 18.8 Å². The predicted molar refractivity (Wildman–Crippen MR) is 50.4 cm³/mol. The summed E-state index contributed by atoms with van der Waals surface area (Å²) in [6.45, 7) is 2.07. The molecule has 0 saturated heterocycles. The summed E-state index contributed by atoms with van der Waals surface area (Å²) in [7, 11) is 0. The average molecular weight is 252 g/mol. The smallest absolute Gasteiger partial charge is 0.136 e. The number of Topliss-reactive ketones (excluding diaryl/α,β-unsaturated/α-hetero) is 1. The molecule has 1 rings (SSSR count). The molecule has 0 aliphatic heterocycles. The number of hydrogen-bond donors (Lipinski definition) is 0. The van der Waals surface area contributed by atoms with Crippen molar-refractivity contribution in [1.82, 2.24) is 0 Å². The minimum Gasteiger partial charge on any atom is -0.299 e. The molecule has 0 radical (unpaired) electrons. The number of alkyl halides is 1. The third-order valence-corrected chi connectivity index (χ3v) is 3.54. The van der Waals surface area contributed by atoms with Crippen molar-refractivity contribution in [3.63, 3.8) is 0 Å². The van der Waals surface area contributed by atoms with Crippen LogP contribution in [0.5, 0.6) is 0 Å². The molecule has 58 valence electrons. The number of ketones is 1. The lowest BCUT2D eigenvalue weighted by molar-refractivity contribution is -0.125. The first-order valence-electron chi connectivity index (χ1n) is 3.84. The van der Waals surface area contributed by atoms with Crippen LogP contribution in [0, 0.1) is 11.8 Å². The summed E-state index contributed by atoms with van der Waals surface area (Å²) >= 11 is 2.38. The van der Waals surface area contributed by atoms with E-state index in [-0.39, 0.29) is 0 Å². The van der Waals surface area contributed by atoms with Crippen LogP contribution in [0.15, 0.2) is 0 Å². The Labute approximate surface area is 75.7 Å². The lowest BCUT2D eigenvalue weighted by Gasteiger charge is -2.25. The van der Waals surface area contributed by atoms with Crippen molar-refractivity contribution in [2.75, 3.05) is 4.43 Å². The molecule has 0 aromatic heterocycles. The Kier molecular flexibility index (Phi) is 3.14. The maximum atomic E-state index is 11.2. The maximum Gasteiger partial charge on any atom is 0.136 e. The normalized spacial score (nSPS) is 34.4. The van der Waals surface area contributed by atoms with Crippen molar-refractivity contribution < 1.29 is 4.79 Å². The third-order valence-electron chi connectivity index (χ3n) is 2.41. The standard InChI is InChI=1S/C8H13IO/c1-6-7(5-9)3-2-4-8(6)10/h6-7H,2-5H2,1H3. The van der Waals surface area contributed by atoms with Gasteiger partial charge in [0.25, 0.3) is 0 Å². The monoisotopic (exact) mass is 252 g/mol. The number of hydrogen-bond acceptors (Lipinski definition) is 1. The van der Waals surface area contributed by atoms with E-state index < -0.39 is 0 Å². The van der Waals surface area contributed by atoms with E-state index in [2.05, 4.69) is 29.5 Å². The van der Waals surface area contributed by atoms with Crippen molar-refractivity contribution in [2.24, 2.45) is 11.8 Å². The van der Waals surface area contributed by atoms with Gasteiger partial charge in [-0.25, -0.2) is 0 Å². The van der Waals surface area contributed by atoms with E-state index >= 15 is 0 Å². The zero-order chi connectivity index (χ0) is 7.56. The van der Waals surface area contributed by atoms with Crippen molar-refractivity contribution in [2.45, 2.75) is 26.2 Å². The Morgan fingerprint density at radius 3 is 2.90 bits per heavy atom. The predicted octanol–water partition coefficient (Wildman–Crippen LogP) is 2.43. The zero-order valence-corrected chi connectivity index (χ0v) is 8.43. The van der Waals surface area contributed by atoms with Gasteiger partial charge in [0, 0.05) is 16.8 Å². The van der Waals surface area contributed by atoms with E-state index in [1.54, 1.807) is 0 Å². The number of rotatable bonds is 1. The van der Waals surface area contributed by atoms with Crippen LogP contribution >= 0.6 is 22.6 Å². The lowest BCUT2D eigenvalue weighted by Crippen LogP contribution is -2.26. The molecule has 2 atom stereocenters. The first-order chi connectivity index (χ1) is 4.75. The second-order valence-electron chi connectivity index (χ2n) is 3.06. The molecule has 1 aliphatic rings. The van der Waals surface area contributed by atoms with Crippen molar-refractivity contribution in [3.05, 3.63) is 0 Å². The summed E-state index contributed by atoms with van der Waals surface area (Å²) in [5, 5.41) is 0. The fraction of sp³-hybridized carbons (Fsp3) is 0.875. The van der Waals surface area contributed by atoms with Crippen LogP contribution in [0.1, 0.15) is 26.2 Å². The molecule has 10 heavy (non-hydrogen) atoms. The van der Waals surface area contributed by atoms with Gasteiger partial charge in [0.15, 0.2) is 0 Å². The molecule has 0 N–H and O–H groups in total. The van der Waals surface area contributed by atoms with E-state index in [0.29, 0.717) is 17.6 Å². The number of halogens is 1. The van der Waals surface area contributed by atoms with Crippen molar-refractivity contribution in [1.29, 1.82) is 0 Å². The topological polar surface area (TPSA) is 17.1 Å². The molecule has 1 saturated carbocycles. The van der Waals surface area contributed by atoms with Crippen LogP contribution in [0.3, 0.4) is 0 Å². The Hall–Kier alpha value is 0.400. The number of carbonyl (C=O) groups is 1. The summed E-state index contributed by atoms with van der Waals surface area (Å²) in [6.07, 6.45) is 3.21. The highest BCUT2D eigenvalue weighted by Gasteiger charge is 2.26. The van der Waals surface area contributed by atoms with Crippen LogP contribution < -0.4 is 0 Å². The minimum atomic E-state index is 0.339. The molecular weight excluding hydrogens is 239 g/mol. The molecule has 0 bridgehead atoms. The molecule has 0 heterocycles. The van der Waals surface area contributed by atoms with Gasteiger partial charge in [0.05, 0.1) is 0 Å². The molecular formula is C8H13IO. The van der Waals surface area contributed by atoms with Gasteiger partial charge in [0.1, 0.15) is 5.78 Å². The molecule has 0 amide bonds. The molecule has 0 aromatic carbocycles. The summed E-state index contributed by atoms with van der Waals surface area (Å²) in [6, 6.07) is 0. The van der Waals surface area contributed by atoms with Crippen molar-refractivity contribution in [3.8, 4) is 0 Å². The minimum absolute atomic E-state index is 0.339. The van der Waals surface area contributed by atoms with Crippen LogP contribution in [0.25, 0.3) is 0 Å². The van der Waals surface area contributed by atoms with E-state index in [1.807, 2.05) is 0 Å². The molecule has 2 unspecified atom stereocenters. The Morgan fingerprint density at radius 2 is 2.40 bits per heavy atom. The van der Waals surface area contributed by atoms with Gasteiger partial charge < -0.3 is 0 Å². The SMILES string of the molecule is CC1C(=O)CCCC1CI. The van der Waals surface area contributed by atoms with Crippen LogP contribution in [-0.2, 0) is 4.79 Å². The van der Waals surface area contributed by atoms with Gasteiger partial charge in [-0.3, -0.25) is 4.79 Å². The van der Waals surface area contributed by atoms with Crippen LogP contribution in [0.4, 0.5) is 0 Å². The van der Waals surface area contributed by atoms with Gasteiger partial charge >= 0.3 is 0 Å². The second kappa shape index (κ2) is 3.69. The van der Waals surface area contributed by atoms with E-state index in [1.165, 1.54) is 6.42 Å².